The number of nitrogens with zero attached hydrogens (tertiary/aromatic N) is 1. The van der Waals surface area contributed by atoms with E-state index in [1.807, 2.05) is 12.1 Å². The molecule has 0 radical (unpaired) electrons. The van der Waals surface area contributed by atoms with Crippen molar-refractivity contribution in [3.8, 4) is 11.5 Å². The summed E-state index contributed by atoms with van der Waals surface area (Å²) in [4.78, 5) is 26.4. The van der Waals surface area contributed by atoms with Gasteiger partial charge in [-0.15, -0.1) is 0 Å². The minimum absolute atomic E-state index is 0.0555. The van der Waals surface area contributed by atoms with Crippen LogP contribution < -0.4 is 19.7 Å². The van der Waals surface area contributed by atoms with Gasteiger partial charge in [0.2, 0.25) is 11.8 Å². The van der Waals surface area contributed by atoms with Gasteiger partial charge in [-0.2, -0.15) is 0 Å². The van der Waals surface area contributed by atoms with Gasteiger partial charge < -0.3 is 19.7 Å². The standard InChI is InChI=1S/C19H20N2O4/c1-24-16-7-3-14(4-8-16)20-19(23)13-11-18(22)21(12-13)15-5-9-17(25-2)10-6-15/h3-10,13H,11-12H2,1-2H3,(H,20,23)/t13-/m0/s1. The molecule has 1 fully saturated rings. The number of ether oxygens (including phenoxy) is 2. The molecule has 0 aliphatic carbocycles. The van der Waals surface area contributed by atoms with Crippen LogP contribution in [0.3, 0.4) is 0 Å². The van der Waals surface area contributed by atoms with E-state index in [9.17, 15) is 9.59 Å². The van der Waals surface area contributed by atoms with Crippen LogP contribution in [0, 0.1) is 5.92 Å². The van der Waals surface area contributed by atoms with Crippen molar-refractivity contribution in [2.75, 3.05) is 31.0 Å². The van der Waals surface area contributed by atoms with E-state index in [0.29, 0.717) is 12.2 Å². The number of benzene rings is 2. The first kappa shape index (κ1) is 16.8. The number of hydrogen-bond donors (Lipinski definition) is 1. The summed E-state index contributed by atoms with van der Waals surface area (Å²) in [5, 5.41) is 2.85. The second-order valence-corrected chi connectivity index (χ2v) is 5.82. The minimum atomic E-state index is -0.378. The molecule has 1 saturated heterocycles. The van der Waals surface area contributed by atoms with Gasteiger partial charge in [-0.3, -0.25) is 9.59 Å². The highest BCUT2D eigenvalue weighted by Gasteiger charge is 2.35. The Hall–Kier alpha value is -3.02. The molecule has 1 aliphatic rings. The molecule has 6 nitrogen and oxygen atoms in total. The predicted molar refractivity (Wildman–Crippen MR) is 95.1 cm³/mol. The van der Waals surface area contributed by atoms with Gasteiger partial charge in [-0.05, 0) is 48.5 Å². The predicted octanol–water partition coefficient (Wildman–Crippen LogP) is 2.70. The summed E-state index contributed by atoms with van der Waals surface area (Å²) in [5.74, 6) is 0.857. The molecule has 1 N–H and O–H groups in total. The van der Waals surface area contributed by atoms with E-state index in [-0.39, 0.29) is 24.2 Å². The normalized spacial score (nSPS) is 16.6. The lowest BCUT2D eigenvalue weighted by atomic mass is 10.1. The fourth-order valence-electron chi connectivity index (χ4n) is 2.81. The zero-order chi connectivity index (χ0) is 17.8. The molecule has 2 aromatic carbocycles. The molecule has 0 spiro atoms. The average Bonchev–Trinajstić information content (AvgIpc) is 3.04. The quantitative estimate of drug-likeness (QED) is 0.909. The Morgan fingerprint density at radius 1 is 1.00 bits per heavy atom. The third kappa shape index (κ3) is 3.74. The second kappa shape index (κ2) is 7.25. The first-order valence-electron chi connectivity index (χ1n) is 8.00. The van der Waals surface area contributed by atoms with E-state index in [4.69, 9.17) is 9.47 Å². The van der Waals surface area contributed by atoms with Crippen molar-refractivity contribution in [1.82, 2.24) is 0 Å². The van der Waals surface area contributed by atoms with Gasteiger partial charge in [0.05, 0.1) is 20.1 Å². The molecule has 0 unspecified atom stereocenters. The van der Waals surface area contributed by atoms with Crippen LogP contribution >= 0.6 is 0 Å². The van der Waals surface area contributed by atoms with E-state index in [2.05, 4.69) is 5.32 Å². The molecule has 25 heavy (non-hydrogen) atoms. The molecular weight excluding hydrogens is 320 g/mol. The lowest BCUT2D eigenvalue weighted by molar-refractivity contribution is -0.122. The number of hydrogen-bond acceptors (Lipinski definition) is 4. The van der Waals surface area contributed by atoms with Crippen LogP contribution in [-0.4, -0.2) is 32.6 Å². The van der Waals surface area contributed by atoms with Crippen molar-refractivity contribution in [1.29, 1.82) is 0 Å². The van der Waals surface area contributed by atoms with Crippen molar-refractivity contribution in [2.24, 2.45) is 5.92 Å². The number of methoxy groups -OCH3 is 2. The highest BCUT2D eigenvalue weighted by Crippen LogP contribution is 2.27. The van der Waals surface area contributed by atoms with E-state index in [1.54, 1.807) is 55.5 Å². The Morgan fingerprint density at radius 2 is 1.56 bits per heavy atom. The highest BCUT2D eigenvalue weighted by atomic mass is 16.5. The third-order valence-electron chi connectivity index (χ3n) is 4.24. The van der Waals surface area contributed by atoms with Crippen LogP contribution in [0.15, 0.2) is 48.5 Å². The van der Waals surface area contributed by atoms with Gasteiger partial charge in [0.1, 0.15) is 11.5 Å². The van der Waals surface area contributed by atoms with E-state index in [1.165, 1.54) is 0 Å². The van der Waals surface area contributed by atoms with Crippen LogP contribution in [0.2, 0.25) is 0 Å². The molecule has 0 saturated carbocycles. The minimum Gasteiger partial charge on any atom is -0.497 e. The molecule has 1 atom stereocenters. The Kier molecular flexibility index (Phi) is 4.88. The number of nitrogens with one attached hydrogen (secondary N) is 1. The summed E-state index contributed by atoms with van der Waals surface area (Å²) in [6.45, 7) is 0.368. The summed E-state index contributed by atoms with van der Waals surface area (Å²) in [5.41, 5.74) is 1.45. The van der Waals surface area contributed by atoms with E-state index >= 15 is 0 Å². The average molecular weight is 340 g/mol. The molecule has 130 valence electrons. The zero-order valence-electron chi connectivity index (χ0n) is 14.2. The van der Waals surface area contributed by atoms with Crippen LogP contribution in [0.25, 0.3) is 0 Å². The molecule has 1 aliphatic heterocycles. The van der Waals surface area contributed by atoms with Gasteiger partial charge in [-0.25, -0.2) is 0 Å². The van der Waals surface area contributed by atoms with Gasteiger partial charge >= 0.3 is 0 Å². The Balaban J connectivity index is 1.65. The molecule has 0 bridgehead atoms. The van der Waals surface area contributed by atoms with E-state index in [0.717, 1.165) is 17.2 Å². The fourth-order valence-corrected chi connectivity index (χ4v) is 2.81. The van der Waals surface area contributed by atoms with Crippen LogP contribution in [0.4, 0.5) is 11.4 Å². The van der Waals surface area contributed by atoms with Crippen molar-refractivity contribution < 1.29 is 19.1 Å². The number of rotatable bonds is 5. The topological polar surface area (TPSA) is 67.9 Å². The molecule has 6 heteroatoms. The number of anilines is 2. The smallest absolute Gasteiger partial charge is 0.229 e. The summed E-state index contributed by atoms with van der Waals surface area (Å²) < 4.78 is 10.2. The SMILES string of the molecule is COc1ccc(NC(=O)[C@H]2CC(=O)N(c3ccc(OC)cc3)C2)cc1. The maximum Gasteiger partial charge on any atom is 0.229 e. The van der Waals surface area contributed by atoms with E-state index < -0.39 is 0 Å². The van der Waals surface area contributed by atoms with Crippen LogP contribution in [0.1, 0.15) is 6.42 Å². The lowest BCUT2D eigenvalue weighted by Gasteiger charge is -2.17. The van der Waals surface area contributed by atoms with Crippen molar-refractivity contribution in [3.63, 3.8) is 0 Å². The molecule has 2 amide bonds. The summed E-state index contributed by atoms with van der Waals surface area (Å²) in [6, 6.07) is 14.3. The molecule has 0 aromatic heterocycles. The lowest BCUT2D eigenvalue weighted by Crippen LogP contribution is -2.28. The fraction of sp³-hybridized carbons (Fsp3) is 0.263. The largest absolute Gasteiger partial charge is 0.497 e. The molecule has 2 aromatic rings. The molecule has 3 rings (SSSR count). The Labute approximate surface area is 146 Å². The van der Waals surface area contributed by atoms with Gasteiger partial charge in [0.15, 0.2) is 0 Å². The van der Waals surface area contributed by atoms with Gasteiger partial charge in [0, 0.05) is 24.3 Å². The molecular formula is C19H20N2O4. The van der Waals surface area contributed by atoms with Gasteiger partial charge in [0.25, 0.3) is 0 Å². The van der Waals surface area contributed by atoms with Gasteiger partial charge in [-0.1, -0.05) is 0 Å². The summed E-state index contributed by atoms with van der Waals surface area (Å²) in [6.07, 6.45) is 0.202. The Bertz CT molecular complexity index is 756. The maximum atomic E-state index is 12.5. The summed E-state index contributed by atoms with van der Waals surface area (Å²) in [7, 11) is 3.18. The van der Waals surface area contributed by atoms with Crippen LogP contribution in [-0.2, 0) is 9.59 Å². The summed E-state index contributed by atoms with van der Waals surface area (Å²) >= 11 is 0. The molecule has 1 heterocycles. The zero-order valence-corrected chi connectivity index (χ0v) is 14.2. The second-order valence-electron chi connectivity index (χ2n) is 5.82. The number of carbonyl (C=O) groups is 2. The van der Waals surface area contributed by atoms with Crippen molar-refractivity contribution in [3.05, 3.63) is 48.5 Å². The monoisotopic (exact) mass is 340 g/mol. The third-order valence-corrected chi connectivity index (χ3v) is 4.24. The van der Waals surface area contributed by atoms with Crippen molar-refractivity contribution in [2.45, 2.75) is 6.42 Å². The first-order chi connectivity index (χ1) is 12.1. The van der Waals surface area contributed by atoms with Crippen LogP contribution in [0.5, 0.6) is 11.5 Å². The number of amides is 2. The first-order valence-corrected chi connectivity index (χ1v) is 8.00. The Morgan fingerprint density at radius 3 is 2.12 bits per heavy atom. The number of carbonyl (C=O) groups excluding carboxylic acids is 2. The van der Waals surface area contributed by atoms with Crippen molar-refractivity contribution >= 4 is 23.2 Å². The maximum absolute atomic E-state index is 12.5. The highest BCUT2D eigenvalue weighted by molar-refractivity contribution is 6.03.